The molecule has 1 amide bonds. The lowest BCUT2D eigenvalue weighted by molar-refractivity contribution is 0.0955. The van der Waals surface area contributed by atoms with Crippen LogP contribution in [0.1, 0.15) is 10.4 Å². The maximum absolute atomic E-state index is 13.4. The lowest BCUT2D eigenvalue weighted by Crippen LogP contribution is -2.30. The van der Waals surface area contributed by atoms with Gasteiger partial charge in [0.25, 0.3) is 5.91 Å². The minimum atomic E-state index is -0.498. The summed E-state index contributed by atoms with van der Waals surface area (Å²) in [7, 11) is 1.79. The molecule has 5 nitrogen and oxygen atoms in total. The summed E-state index contributed by atoms with van der Waals surface area (Å²) >= 11 is 0. The van der Waals surface area contributed by atoms with Crippen LogP contribution in [0.2, 0.25) is 0 Å². The first-order chi connectivity index (χ1) is 8.72. The van der Waals surface area contributed by atoms with Crippen molar-refractivity contribution in [2.45, 2.75) is 0 Å². The summed E-state index contributed by atoms with van der Waals surface area (Å²) in [6.45, 7) is 1.11. The van der Waals surface area contributed by atoms with Gasteiger partial charge in [-0.05, 0) is 13.1 Å². The van der Waals surface area contributed by atoms with E-state index in [0.29, 0.717) is 24.1 Å². The summed E-state index contributed by atoms with van der Waals surface area (Å²) in [6.07, 6.45) is 2.94. The van der Waals surface area contributed by atoms with Crippen LogP contribution >= 0.6 is 0 Å². The molecule has 2 aromatic rings. The molecule has 0 radical (unpaired) electrons. The van der Waals surface area contributed by atoms with E-state index in [4.69, 9.17) is 0 Å². The maximum atomic E-state index is 13.4. The minimum Gasteiger partial charge on any atom is -0.351 e. The van der Waals surface area contributed by atoms with Crippen molar-refractivity contribution in [3.63, 3.8) is 0 Å². The highest BCUT2D eigenvalue weighted by Crippen LogP contribution is 2.16. The average molecular weight is 248 g/mol. The van der Waals surface area contributed by atoms with Gasteiger partial charge in [0.2, 0.25) is 0 Å². The monoisotopic (exact) mass is 248 g/mol. The Bertz CT molecular complexity index is 573. The molecular formula is C12H13FN4O. The Morgan fingerprint density at radius 1 is 1.28 bits per heavy atom. The Hall–Kier alpha value is -2.08. The zero-order valence-corrected chi connectivity index (χ0v) is 9.90. The number of hydrogen-bond acceptors (Lipinski definition) is 4. The highest BCUT2D eigenvalue weighted by Gasteiger charge is 2.13. The van der Waals surface area contributed by atoms with E-state index in [0.717, 1.165) is 0 Å². The second-order valence-corrected chi connectivity index (χ2v) is 3.74. The maximum Gasteiger partial charge on any atom is 0.253 e. The SMILES string of the molecule is CNCCNC(=O)c1cc(F)cc2nccnc12. The Balaban J connectivity index is 2.34. The fraction of sp³-hybridized carbons (Fsp3) is 0.250. The lowest BCUT2D eigenvalue weighted by atomic mass is 10.1. The van der Waals surface area contributed by atoms with Gasteiger partial charge in [0.1, 0.15) is 11.3 Å². The molecule has 0 spiro atoms. The Morgan fingerprint density at radius 3 is 2.83 bits per heavy atom. The molecule has 0 unspecified atom stereocenters. The van der Waals surface area contributed by atoms with E-state index in [1.165, 1.54) is 24.5 Å². The van der Waals surface area contributed by atoms with E-state index >= 15 is 0 Å². The number of carbonyl (C=O) groups is 1. The van der Waals surface area contributed by atoms with Crippen LogP contribution in [-0.2, 0) is 0 Å². The van der Waals surface area contributed by atoms with E-state index in [9.17, 15) is 9.18 Å². The standard InChI is InChI=1S/C12H13FN4O/c1-14-2-3-17-12(18)9-6-8(13)7-10-11(9)16-5-4-15-10/h4-7,14H,2-3H2,1H3,(H,17,18). The summed E-state index contributed by atoms with van der Waals surface area (Å²) in [5.74, 6) is -0.850. The molecule has 0 aliphatic rings. The van der Waals surface area contributed by atoms with Crippen molar-refractivity contribution >= 4 is 16.9 Å². The van der Waals surface area contributed by atoms with Crippen molar-refractivity contribution in [2.24, 2.45) is 0 Å². The van der Waals surface area contributed by atoms with E-state index in [-0.39, 0.29) is 11.5 Å². The summed E-state index contributed by atoms with van der Waals surface area (Å²) in [5.41, 5.74) is 0.978. The molecule has 0 bridgehead atoms. The summed E-state index contributed by atoms with van der Waals surface area (Å²) < 4.78 is 13.4. The van der Waals surface area contributed by atoms with E-state index in [2.05, 4.69) is 20.6 Å². The van der Waals surface area contributed by atoms with Crippen LogP contribution in [0.5, 0.6) is 0 Å². The van der Waals surface area contributed by atoms with Gasteiger partial charge in [-0.3, -0.25) is 14.8 Å². The molecule has 2 rings (SSSR count). The number of fused-ring (bicyclic) bond motifs is 1. The smallest absolute Gasteiger partial charge is 0.253 e. The summed E-state index contributed by atoms with van der Waals surface area (Å²) in [6, 6.07) is 2.43. The molecule has 0 saturated carbocycles. The average Bonchev–Trinajstić information content (AvgIpc) is 2.38. The molecule has 1 heterocycles. The third-order valence-electron chi connectivity index (χ3n) is 2.44. The fourth-order valence-electron chi connectivity index (χ4n) is 1.61. The number of likely N-dealkylation sites (N-methyl/N-ethyl adjacent to an activating group) is 1. The normalized spacial score (nSPS) is 10.6. The van der Waals surface area contributed by atoms with Gasteiger partial charge in [-0.25, -0.2) is 4.39 Å². The molecule has 0 aliphatic carbocycles. The fourth-order valence-corrected chi connectivity index (χ4v) is 1.61. The van der Waals surface area contributed by atoms with Gasteiger partial charge in [0.15, 0.2) is 0 Å². The molecule has 0 aliphatic heterocycles. The Morgan fingerprint density at radius 2 is 2.06 bits per heavy atom. The van der Waals surface area contributed by atoms with Gasteiger partial charge in [-0.2, -0.15) is 0 Å². The van der Waals surface area contributed by atoms with Crippen LogP contribution in [-0.4, -0.2) is 36.0 Å². The van der Waals surface area contributed by atoms with Crippen LogP contribution in [0.15, 0.2) is 24.5 Å². The van der Waals surface area contributed by atoms with E-state index in [1.54, 1.807) is 7.05 Å². The van der Waals surface area contributed by atoms with Gasteiger partial charge in [0.05, 0.1) is 11.1 Å². The van der Waals surface area contributed by atoms with Crippen molar-refractivity contribution < 1.29 is 9.18 Å². The molecule has 18 heavy (non-hydrogen) atoms. The van der Waals surface area contributed by atoms with Crippen molar-refractivity contribution in [3.8, 4) is 0 Å². The molecule has 0 saturated heterocycles. The van der Waals surface area contributed by atoms with E-state index < -0.39 is 5.82 Å². The van der Waals surface area contributed by atoms with Gasteiger partial charge in [0, 0.05) is 31.5 Å². The molecule has 94 valence electrons. The number of carbonyl (C=O) groups excluding carboxylic acids is 1. The largest absolute Gasteiger partial charge is 0.351 e. The summed E-state index contributed by atoms with van der Waals surface area (Å²) in [5, 5.41) is 5.59. The van der Waals surface area contributed by atoms with Crippen molar-refractivity contribution in [3.05, 3.63) is 35.9 Å². The number of benzene rings is 1. The number of halogens is 1. The van der Waals surface area contributed by atoms with Gasteiger partial charge >= 0.3 is 0 Å². The van der Waals surface area contributed by atoms with Crippen LogP contribution in [0.4, 0.5) is 4.39 Å². The number of nitrogens with zero attached hydrogens (tertiary/aromatic N) is 2. The third kappa shape index (κ3) is 2.60. The number of aromatic nitrogens is 2. The zero-order valence-electron chi connectivity index (χ0n) is 9.90. The van der Waals surface area contributed by atoms with Crippen molar-refractivity contribution in [1.29, 1.82) is 0 Å². The molecule has 6 heteroatoms. The number of hydrogen-bond donors (Lipinski definition) is 2. The molecule has 0 atom stereocenters. The quantitative estimate of drug-likeness (QED) is 0.782. The highest BCUT2D eigenvalue weighted by atomic mass is 19.1. The van der Waals surface area contributed by atoms with Gasteiger partial charge < -0.3 is 10.6 Å². The molecular weight excluding hydrogens is 235 g/mol. The van der Waals surface area contributed by atoms with Gasteiger partial charge in [-0.15, -0.1) is 0 Å². The first-order valence-electron chi connectivity index (χ1n) is 5.55. The van der Waals surface area contributed by atoms with Crippen molar-refractivity contribution in [2.75, 3.05) is 20.1 Å². The zero-order chi connectivity index (χ0) is 13.0. The Labute approximate surface area is 103 Å². The molecule has 1 aromatic heterocycles. The van der Waals surface area contributed by atoms with Crippen LogP contribution < -0.4 is 10.6 Å². The predicted octanol–water partition coefficient (Wildman–Crippen LogP) is 0.718. The topological polar surface area (TPSA) is 66.9 Å². The first-order valence-corrected chi connectivity index (χ1v) is 5.55. The summed E-state index contributed by atoms with van der Waals surface area (Å²) in [4.78, 5) is 20.0. The van der Waals surface area contributed by atoms with Crippen LogP contribution in [0.3, 0.4) is 0 Å². The number of nitrogens with one attached hydrogen (secondary N) is 2. The lowest BCUT2D eigenvalue weighted by Gasteiger charge is -2.07. The second kappa shape index (κ2) is 5.50. The third-order valence-corrected chi connectivity index (χ3v) is 2.44. The predicted molar refractivity (Wildman–Crippen MR) is 65.8 cm³/mol. The molecule has 2 N–H and O–H groups in total. The van der Waals surface area contributed by atoms with Crippen LogP contribution in [0, 0.1) is 5.82 Å². The Kier molecular flexibility index (Phi) is 3.78. The number of rotatable bonds is 4. The van der Waals surface area contributed by atoms with Crippen molar-refractivity contribution in [1.82, 2.24) is 20.6 Å². The minimum absolute atomic E-state index is 0.203. The second-order valence-electron chi connectivity index (χ2n) is 3.74. The molecule has 1 aromatic carbocycles. The van der Waals surface area contributed by atoms with E-state index in [1.807, 2.05) is 0 Å². The number of amides is 1. The first kappa shape index (κ1) is 12.4. The highest BCUT2D eigenvalue weighted by molar-refractivity contribution is 6.04. The van der Waals surface area contributed by atoms with Gasteiger partial charge in [-0.1, -0.05) is 0 Å². The van der Waals surface area contributed by atoms with Crippen LogP contribution in [0.25, 0.3) is 11.0 Å². The molecule has 0 fully saturated rings.